The maximum atomic E-state index is 6.53. The van der Waals surface area contributed by atoms with Crippen LogP contribution in [-0.4, -0.2) is 20.7 Å². The molecule has 2 atom stereocenters. The summed E-state index contributed by atoms with van der Waals surface area (Å²) in [5.74, 6) is 0.192. The minimum atomic E-state index is -1.89. The molecule has 158 valence electrons. The van der Waals surface area contributed by atoms with Crippen LogP contribution < -0.4 is 4.43 Å². The highest BCUT2D eigenvalue weighted by Crippen LogP contribution is 2.62. The fourth-order valence-corrected chi connectivity index (χ4v) is 5.24. The van der Waals surface area contributed by atoms with Gasteiger partial charge in [-0.05, 0) is 52.7 Å². The highest BCUT2D eigenvalue weighted by atomic mass is 28.4. The van der Waals surface area contributed by atoms with Crippen molar-refractivity contribution in [3.05, 3.63) is 42.0 Å². The highest BCUT2D eigenvalue weighted by Gasteiger charge is 2.74. The lowest BCUT2D eigenvalue weighted by Gasteiger charge is -2.56. The van der Waals surface area contributed by atoms with E-state index in [0.717, 1.165) is 23.1 Å². The lowest BCUT2D eigenvalue weighted by atomic mass is 9.70. The number of rotatable bonds is 3. The van der Waals surface area contributed by atoms with Crippen molar-refractivity contribution in [2.24, 2.45) is 5.41 Å². The predicted molar refractivity (Wildman–Crippen MR) is 118 cm³/mol. The molecular formula is C24H34O4Si. The Balaban J connectivity index is 1.73. The van der Waals surface area contributed by atoms with Crippen LogP contribution in [0, 0.1) is 5.41 Å². The van der Waals surface area contributed by atoms with E-state index in [4.69, 9.17) is 18.9 Å². The van der Waals surface area contributed by atoms with Crippen LogP contribution in [0.1, 0.15) is 53.5 Å². The molecule has 0 aliphatic carbocycles. The molecule has 2 heterocycles. The average molecular weight is 415 g/mol. The zero-order valence-electron chi connectivity index (χ0n) is 19.0. The molecule has 29 heavy (non-hydrogen) atoms. The van der Waals surface area contributed by atoms with Crippen molar-refractivity contribution in [3.8, 4) is 5.75 Å². The van der Waals surface area contributed by atoms with Gasteiger partial charge in [0.05, 0.1) is 6.61 Å². The Morgan fingerprint density at radius 2 is 1.59 bits per heavy atom. The van der Waals surface area contributed by atoms with Gasteiger partial charge in [0.15, 0.2) is 5.60 Å². The molecule has 0 spiro atoms. The number of benzene rings is 2. The molecule has 0 radical (unpaired) electrons. The van der Waals surface area contributed by atoms with E-state index in [1.54, 1.807) is 0 Å². The summed E-state index contributed by atoms with van der Waals surface area (Å²) in [4.78, 5) is 11.5. The number of fused-ring (bicyclic) bond motifs is 2. The summed E-state index contributed by atoms with van der Waals surface area (Å²) < 4.78 is 12.7. The molecule has 0 aromatic heterocycles. The first-order chi connectivity index (χ1) is 13.3. The van der Waals surface area contributed by atoms with Crippen LogP contribution >= 0.6 is 0 Å². The summed E-state index contributed by atoms with van der Waals surface area (Å²) in [6.45, 7) is 18.4. The van der Waals surface area contributed by atoms with Gasteiger partial charge in [-0.25, -0.2) is 4.89 Å². The second-order valence-electron chi connectivity index (χ2n) is 11.0. The first kappa shape index (κ1) is 20.9. The SMILES string of the molecule is CC(C)(C)C12OCCC1(c1ccc3ccc(O[Si](C)(C)C(C)(C)C)cc3c1)OO2. The first-order valence-corrected chi connectivity index (χ1v) is 13.5. The van der Waals surface area contributed by atoms with Crippen LogP contribution in [0.2, 0.25) is 18.1 Å². The highest BCUT2D eigenvalue weighted by molar-refractivity contribution is 6.74. The van der Waals surface area contributed by atoms with Gasteiger partial charge in [0.25, 0.3) is 0 Å². The first-order valence-electron chi connectivity index (χ1n) is 10.6. The van der Waals surface area contributed by atoms with Crippen LogP contribution in [0.3, 0.4) is 0 Å². The number of hydrogen-bond acceptors (Lipinski definition) is 4. The Labute approximate surface area is 175 Å². The van der Waals surface area contributed by atoms with Gasteiger partial charge in [-0.2, -0.15) is 4.89 Å². The van der Waals surface area contributed by atoms with Crippen LogP contribution in [0.4, 0.5) is 0 Å². The van der Waals surface area contributed by atoms with Crippen molar-refractivity contribution < 1.29 is 18.9 Å². The van der Waals surface area contributed by atoms with Crippen molar-refractivity contribution in [2.75, 3.05) is 6.61 Å². The average Bonchev–Trinajstić information content (AvgIpc) is 2.84. The van der Waals surface area contributed by atoms with Crippen molar-refractivity contribution in [1.29, 1.82) is 0 Å². The molecular weight excluding hydrogens is 380 g/mol. The molecule has 2 aliphatic heterocycles. The van der Waals surface area contributed by atoms with Gasteiger partial charge in [-0.1, -0.05) is 59.7 Å². The maximum absolute atomic E-state index is 6.53. The van der Waals surface area contributed by atoms with E-state index in [1.807, 2.05) is 0 Å². The molecule has 0 amide bonds. The van der Waals surface area contributed by atoms with Gasteiger partial charge in [0.2, 0.25) is 14.1 Å². The monoisotopic (exact) mass is 414 g/mol. The fourth-order valence-electron chi connectivity index (χ4n) is 4.22. The normalized spacial score (nSPS) is 27.6. The zero-order valence-corrected chi connectivity index (χ0v) is 20.0. The summed E-state index contributed by atoms with van der Waals surface area (Å²) in [6, 6.07) is 12.9. The number of ether oxygens (including phenoxy) is 1. The van der Waals surface area contributed by atoms with Gasteiger partial charge in [-0.15, -0.1) is 0 Å². The molecule has 2 saturated heterocycles. The maximum Gasteiger partial charge on any atom is 0.250 e. The van der Waals surface area contributed by atoms with Crippen LogP contribution in [0.5, 0.6) is 5.75 Å². The van der Waals surface area contributed by atoms with E-state index in [2.05, 4.69) is 91.0 Å². The molecule has 2 aromatic carbocycles. The third-order valence-electron chi connectivity index (χ3n) is 7.04. The molecule has 2 aliphatic rings. The van der Waals surface area contributed by atoms with Crippen LogP contribution in [0.25, 0.3) is 10.8 Å². The number of hydrogen-bond donors (Lipinski definition) is 0. The lowest BCUT2D eigenvalue weighted by Crippen LogP contribution is -2.68. The fraction of sp³-hybridized carbons (Fsp3) is 0.583. The van der Waals surface area contributed by atoms with E-state index in [1.165, 1.54) is 5.39 Å². The molecule has 0 saturated carbocycles. The summed E-state index contributed by atoms with van der Waals surface area (Å²) in [6.07, 6.45) is 0.788. The molecule has 5 heteroatoms. The Bertz CT molecular complexity index is 940. The summed E-state index contributed by atoms with van der Waals surface area (Å²) in [5, 5.41) is 2.50. The summed E-state index contributed by atoms with van der Waals surface area (Å²) in [7, 11) is -1.89. The molecule has 2 unspecified atom stereocenters. The molecule has 0 N–H and O–H groups in total. The minimum Gasteiger partial charge on any atom is -0.543 e. The van der Waals surface area contributed by atoms with Crippen molar-refractivity contribution in [2.45, 2.75) is 77.5 Å². The molecule has 2 aromatic rings. The largest absolute Gasteiger partial charge is 0.543 e. The van der Waals surface area contributed by atoms with Crippen molar-refractivity contribution >= 4 is 19.1 Å². The molecule has 4 rings (SSSR count). The Morgan fingerprint density at radius 1 is 0.897 bits per heavy atom. The van der Waals surface area contributed by atoms with E-state index < -0.39 is 19.7 Å². The third-order valence-corrected chi connectivity index (χ3v) is 11.4. The van der Waals surface area contributed by atoms with Crippen LogP contribution in [-0.2, 0) is 20.1 Å². The third kappa shape index (κ3) is 2.97. The minimum absolute atomic E-state index is 0.160. The quantitative estimate of drug-likeness (QED) is 0.422. The van der Waals surface area contributed by atoms with E-state index in [-0.39, 0.29) is 10.5 Å². The Morgan fingerprint density at radius 3 is 2.17 bits per heavy atom. The van der Waals surface area contributed by atoms with E-state index in [9.17, 15) is 0 Å². The van der Waals surface area contributed by atoms with Crippen LogP contribution in [0.15, 0.2) is 36.4 Å². The van der Waals surface area contributed by atoms with Gasteiger partial charge in [0, 0.05) is 11.8 Å². The van der Waals surface area contributed by atoms with Crippen molar-refractivity contribution in [1.82, 2.24) is 0 Å². The smallest absolute Gasteiger partial charge is 0.250 e. The van der Waals surface area contributed by atoms with Gasteiger partial charge in [-0.3, -0.25) is 0 Å². The van der Waals surface area contributed by atoms with E-state index in [0.29, 0.717) is 6.61 Å². The van der Waals surface area contributed by atoms with E-state index >= 15 is 0 Å². The molecule has 4 nitrogen and oxygen atoms in total. The Kier molecular flexibility index (Phi) is 4.53. The standard InChI is InChI=1S/C24H34O4Si/c1-21(2,3)24-23(27-28-24,13-14-25-24)19-11-9-17-10-12-20(16-18(17)15-19)26-29(7,8)22(4,5)6/h9-12,15-16H,13-14H2,1-8H3. The molecule has 2 fully saturated rings. The lowest BCUT2D eigenvalue weighted by molar-refractivity contribution is -0.619. The zero-order chi connectivity index (χ0) is 21.3. The van der Waals surface area contributed by atoms with Gasteiger partial charge in [0.1, 0.15) is 5.75 Å². The van der Waals surface area contributed by atoms with Crippen molar-refractivity contribution in [3.63, 3.8) is 0 Å². The topological polar surface area (TPSA) is 36.9 Å². The summed E-state index contributed by atoms with van der Waals surface area (Å²) in [5.41, 5.74) is 0.341. The predicted octanol–water partition coefficient (Wildman–Crippen LogP) is 6.54. The second kappa shape index (κ2) is 6.30. The van der Waals surface area contributed by atoms with Gasteiger partial charge < -0.3 is 9.16 Å². The molecule has 0 bridgehead atoms. The Hall–Kier alpha value is -1.40. The van der Waals surface area contributed by atoms with Gasteiger partial charge >= 0.3 is 0 Å². The summed E-state index contributed by atoms with van der Waals surface area (Å²) >= 11 is 0. The second-order valence-corrected chi connectivity index (χ2v) is 15.8.